The van der Waals surface area contributed by atoms with Crippen molar-refractivity contribution in [1.82, 2.24) is 9.97 Å². The molecule has 0 saturated carbocycles. The van der Waals surface area contributed by atoms with E-state index < -0.39 is 0 Å². The minimum Gasteiger partial charge on any atom is -0.336 e. The molecule has 0 unspecified atom stereocenters. The molecule has 0 saturated heterocycles. The van der Waals surface area contributed by atoms with Crippen LogP contribution in [0.3, 0.4) is 0 Å². The molecule has 2 aromatic rings. The fourth-order valence-corrected chi connectivity index (χ4v) is 1.84. The Balaban J connectivity index is 2.48. The van der Waals surface area contributed by atoms with Crippen LogP contribution in [-0.2, 0) is 5.41 Å². The minimum absolute atomic E-state index is 0.162. The van der Waals surface area contributed by atoms with E-state index in [0.717, 1.165) is 17.0 Å². The fourth-order valence-electron chi connectivity index (χ4n) is 1.71. The zero-order valence-electron chi connectivity index (χ0n) is 10.8. The summed E-state index contributed by atoms with van der Waals surface area (Å²) in [5.41, 5.74) is 3.56. The average molecular weight is 249 g/mol. The van der Waals surface area contributed by atoms with E-state index in [1.54, 1.807) is 0 Å². The third-order valence-corrected chi connectivity index (χ3v) is 3.33. The third-order valence-electron chi connectivity index (χ3n) is 2.91. The monoisotopic (exact) mass is 249 g/mol. The Kier molecular flexibility index (Phi) is 3.08. The summed E-state index contributed by atoms with van der Waals surface area (Å²) in [6.07, 6.45) is 0. The van der Waals surface area contributed by atoms with E-state index in [1.165, 1.54) is 5.56 Å². The number of hydrogen-bond donors (Lipinski definition) is 2. The van der Waals surface area contributed by atoms with Crippen molar-refractivity contribution < 1.29 is 0 Å². The lowest BCUT2D eigenvalue weighted by molar-refractivity contribution is 0.591. The van der Waals surface area contributed by atoms with Crippen LogP contribution in [0.4, 0.5) is 5.95 Å². The molecular formula is C13H19N3S. The summed E-state index contributed by atoms with van der Waals surface area (Å²) < 4.78 is 0. The van der Waals surface area contributed by atoms with Crippen LogP contribution < -0.4 is 4.90 Å². The highest BCUT2D eigenvalue weighted by Gasteiger charge is 2.15. The van der Waals surface area contributed by atoms with E-state index in [0.29, 0.717) is 5.88 Å². The zero-order valence-corrected chi connectivity index (χ0v) is 11.7. The summed E-state index contributed by atoms with van der Waals surface area (Å²) in [5.74, 6) is 1.51. The number of hydrogen-bond acceptors (Lipinski definition) is 3. The van der Waals surface area contributed by atoms with E-state index >= 15 is 0 Å². The second-order valence-electron chi connectivity index (χ2n) is 5.38. The Bertz CT molecular complexity index is 525. The molecule has 17 heavy (non-hydrogen) atoms. The number of rotatable bonds is 2. The van der Waals surface area contributed by atoms with E-state index in [4.69, 9.17) is 0 Å². The number of aromatic nitrogens is 2. The highest BCUT2D eigenvalue weighted by molar-refractivity contribution is 7.80. The molecule has 0 amide bonds. The molecular weight excluding hydrogens is 230 g/mol. The summed E-state index contributed by atoms with van der Waals surface area (Å²) >= 11 is 4.24. The first kappa shape index (κ1) is 12.3. The number of aromatic amines is 1. The van der Waals surface area contributed by atoms with Gasteiger partial charge in [0.1, 0.15) is 0 Å². The van der Waals surface area contributed by atoms with Crippen LogP contribution in [0.15, 0.2) is 18.2 Å². The Morgan fingerprint density at radius 3 is 2.65 bits per heavy atom. The van der Waals surface area contributed by atoms with Gasteiger partial charge in [-0.3, -0.25) is 0 Å². The Labute approximate surface area is 108 Å². The third kappa shape index (κ3) is 2.41. The summed E-state index contributed by atoms with van der Waals surface area (Å²) in [6, 6.07) is 6.40. The standard InChI is InChI=1S/C13H19N3S/c1-13(2,3)9-5-6-10-11(7-9)15-12(14-10)16(4)8-17/h5-7,17H,8H2,1-4H3,(H,14,15). The van der Waals surface area contributed by atoms with Crippen molar-refractivity contribution in [1.29, 1.82) is 0 Å². The maximum absolute atomic E-state index is 4.53. The smallest absolute Gasteiger partial charge is 0.204 e. The van der Waals surface area contributed by atoms with Gasteiger partial charge in [-0.25, -0.2) is 4.98 Å². The molecule has 1 N–H and O–H groups in total. The Morgan fingerprint density at radius 2 is 2.06 bits per heavy atom. The van der Waals surface area contributed by atoms with Gasteiger partial charge in [0.2, 0.25) is 5.95 Å². The van der Waals surface area contributed by atoms with Gasteiger partial charge < -0.3 is 9.88 Å². The van der Waals surface area contributed by atoms with Crippen molar-refractivity contribution in [3.8, 4) is 0 Å². The number of nitrogens with one attached hydrogen (secondary N) is 1. The largest absolute Gasteiger partial charge is 0.336 e. The maximum atomic E-state index is 4.53. The van der Waals surface area contributed by atoms with Crippen LogP contribution >= 0.6 is 12.6 Å². The van der Waals surface area contributed by atoms with Gasteiger partial charge in [-0.2, -0.15) is 12.6 Å². The molecule has 1 aromatic heterocycles. The van der Waals surface area contributed by atoms with Gasteiger partial charge in [0.05, 0.1) is 16.9 Å². The lowest BCUT2D eigenvalue weighted by atomic mass is 9.87. The topological polar surface area (TPSA) is 31.9 Å². The van der Waals surface area contributed by atoms with Gasteiger partial charge in [0, 0.05) is 7.05 Å². The lowest BCUT2D eigenvalue weighted by Crippen LogP contribution is -2.15. The van der Waals surface area contributed by atoms with Crippen LogP contribution in [-0.4, -0.2) is 22.9 Å². The molecule has 0 aliphatic heterocycles. The molecule has 0 aliphatic carbocycles. The molecule has 3 nitrogen and oxygen atoms in total. The van der Waals surface area contributed by atoms with Crippen LogP contribution in [0.5, 0.6) is 0 Å². The van der Waals surface area contributed by atoms with Gasteiger partial charge >= 0.3 is 0 Å². The summed E-state index contributed by atoms with van der Waals surface area (Å²) in [7, 11) is 1.97. The van der Waals surface area contributed by atoms with Crippen molar-refractivity contribution in [2.75, 3.05) is 17.8 Å². The molecule has 0 fully saturated rings. The molecule has 1 heterocycles. The predicted molar refractivity (Wildman–Crippen MR) is 77.0 cm³/mol. The summed E-state index contributed by atoms with van der Waals surface area (Å²) in [6.45, 7) is 6.64. The molecule has 2 rings (SSSR count). The van der Waals surface area contributed by atoms with E-state index in [-0.39, 0.29) is 5.41 Å². The highest BCUT2D eigenvalue weighted by atomic mass is 32.1. The normalized spacial score (nSPS) is 12.1. The average Bonchev–Trinajstić information content (AvgIpc) is 2.69. The van der Waals surface area contributed by atoms with Crippen LogP contribution in [0.2, 0.25) is 0 Å². The van der Waals surface area contributed by atoms with Crippen LogP contribution in [0, 0.1) is 0 Å². The molecule has 0 spiro atoms. The molecule has 0 radical (unpaired) electrons. The predicted octanol–water partition coefficient (Wildman–Crippen LogP) is 3.18. The summed E-state index contributed by atoms with van der Waals surface area (Å²) in [4.78, 5) is 9.82. The van der Waals surface area contributed by atoms with E-state index in [9.17, 15) is 0 Å². The number of imidazole rings is 1. The van der Waals surface area contributed by atoms with Crippen molar-refractivity contribution in [2.45, 2.75) is 26.2 Å². The first-order chi connectivity index (χ1) is 7.91. The van der Waals surface area contributed by atoms with Crippen molar-refractivity contribution in [3.05, 3.63) is 23.8 Å². The zero-order chi connectivity index (χ0) is 12.6. The molecule has 1 aromatic carbocycles. The van der Waals surface area contributed by atoms with Crippen molar-refractivity contribution in [3.63, 3.8) is 0 Å². The maximum Gasteiger partial charge on any atom is 0.204 e. The number of anilines is 1. The lowest BCUT2D eigenvalue weighted by Gasteiger charge is -2.18. The van der Waals surface area contributed by atoms with Crippen molar-refractivity contribution in [2.24, 2.45) is 0 Å². The number of nitrogens with zero attached hydrogens (tertiary/aromatic N) is 2. The molecule has 4 heteroatoms. The number of thiol groups is 1. The minimum atomic E-state index is 0.162. The van der Waals surface area contributed by atoms with Crippen LogP contribution in [0.25, 0.3) is 11.0 Å². The second kappa shape index (κ2) is 4.26. The first-order valence-corrected chi connectivity index (χ1v) is 6.37. The number of H-pyrrole nitrogens is 1. The van der Waals surface area contributed by atoms with E-state index in [1.807, 2.05) is 11.9 Å². The quantitative estimate of drug-likeness (QED) is 0.633. The highest BCUT2D eigenvalue weighted by Crippen LogP contribution is 2.26. The van der Waals surface area contributed by atoms with Gasteiger partial charge in [-0.05, 0) is 23.1 Å². The number of benzene rings is 1. The van der Waals surface area contributed by atoms with Gasteiger partial charge in [0.25, 0.3) is 0 Å². The fraction of sp³-hybridized carbons (Fsp3) is 0.462. The molecule has 0 bridgehead atoms. The molecule has 0 aliphatic rings. The number of fused-ring (bicyclic) bond motifs is 1. The second-order valence-corrected chi connectivity index (χ2v) is 5.66. The van der Waals surface area contributed by atoms with E-state index in [2.05, 4.69) is 61.6 Å². The van der Waals surface area contributed by atoms with Gasteiger partial charge in [-0.1, -0.05) is 26.8 Å². The molecule has 0 atom stereocenters. The molecule has 92 valence electrons. The SMILES string of the molecule is CN(CS)c1nc2ccc(C(C)(C)C)cc2[nH]1. The Morgan fingerprint density at radius 1 is 1.35 bits per heavy atom. The van der Waals surface area contributed by atoms with Gasteiger partial charge in [0.15, 0.2) is 0 Å². The Hall–Kier alpha value is -1.16. The van der Waals surface area contributed by atoms with Gasteiger partial charge in [-0.15, -0.1) is 0 Å². The van der Waals surface area contributed by atoms with Crippen LogP contribution in [0.1, 0.15) is 26.3 Å². The van der Waals surface area contributed by atoms with Crippen molar-refractivity contribution >= 4 is 29.6 Å². The summed E-state index contributed by atoms with van der Waals surface area (Å²) in [5, 5.41) is 0. The first-order valence-electron chi connectivity index (χ1n) is 5.74.